The number of halogens is 1. The molecule has 130 valence electrons. The van der Waals surface area contributed by atoms with Gasteiger partial charge >= 0.3 is 0 Å². The smallest absolute Gasteiger partial charge is 0.226 e. The van der Waals surface area contributed by atoms with Gasteiger partial charge < -0.3 is 4.90 Å². The second-order valence-electron chi connectivity index (χ2n) is 6.89. The molecule has 1 aromatic heterocycles. The van der Waals surface area contributed by atoms with Gasteiger partial charge in [0.15, 0.2) is 0 Å². The van der Waals surface area contributed by atoms with Gasteiger partial charge in [0, 0.05) is 42.8 Å². The summed E-state index contributed by atoms with van der Waals surface area (Å²) in [6.45, 7) is 1.26. The zero-order valence-electron chi connectivity index (χ0n) is 14.2. The highest BCUT2D eigenvalue weighted by atomic mass is 19.1. The maximum Gasteiger partial charge on any atom is 0.226 e. The zero-order valence-corrected chi connectivity index (χ0v) is 14.2. The van der Waals surface area contributed by atoms with Crippen LogP contribution in [0.15, 0.2) is 35.9 Å². The van der Waals surface area contributed by atoms with Crippen LogP contribution in [0.25, 0.3) is 11.3 Å². The molecule has 2 aliphatic rings. The number of carbonyl (C=O) groups is 1. The summed E-state index contributed by atoms with van der Waals surface area (Å²) in [7, 11) is 0. The molecule has 1 N–H and O–H groups in total. The van der Waals surface area contributed by atoms with Crippen molar-refractivity contribution in [2.24, 2.45) is 0 Å². The Bertz CT molecular complexity index is 824. The van der Waals surface area contributed by atoms with E-state index in [2.05, 4.69) is 16.3 Å². The molecule has 0 spiro atoms. The number of benzene rings is 1. The zero-order chi connectivity index (χ0) is 17.2. The van der Waals surface area contributed by atoms with Gasteiger partial charge in [-0.25, -0.2) is 4.39 Å². The number of rotatable bonds is 3. The van der Waals surface area contributed by atoms with Gasteiger partial charge in [0.1, 0.15) is 5.82 Å². The van der Waals surface area contributed by atoms with Gasteiger partial charge in [-0.15, -0.1) is 0 Å². The summed E-state index contributed by atoms with van der Waals surface area (Å²) in [4.78, 5) is 14.6. The fraction of sp³-hybridized carbons (Fsp3) is 0.400. The van der Waals surface area contributed by atoms with Crippen molar-refractivity contribution in [2.45, 2.75) is 45.1 Å². The van der Waals surface area contributed by atoms with Crippen molar-refractivity contribution in [1.82, 2.24) is 15.1 Å². The third-order valence-corrected chi connectivity index (χ3v) is 5.15. The number of amides is 1. The number of nitrogens with one attached hydrogen (secondary N) is 1. The SMILES string of the molecule is O=C(CC1=CCCCC1)N1CCc2[nH]nc(-c3cccc(F)c3)c2C1. The predicted molar refractivity (Wildman–Crippen MR) is 94.3 cm³/mol. The average molecular weight is 339 g/mol. The highest BCUT2D eigenvalue weighted by molar-refractivity contribution is 5.79. The Morgan fingerprint density at radius 1 is 1.28 bits per heavy atom. The first-order valence-electron chi connectivity index (χ1n) is 8.98. The number of aromatic amines is 1. The fourth-order valence-electron chi connectivity index (χ4n) is 3.75. The van der Waals surface area contributed by atoms with E-state index in [1.807, 2.05) is 11.0 Å². The average Bonchev–Trinajstić information content (AvgIpc) is 3.05. The second kappa shape index (κ2) is 6.82. The van der Waals surface area contributed by atoms with E-state index in [4.69, 9.17) is 0 Å². The molecule has 0 radical (unpaired) electrons. The summed E-state index contributed by atoms with van der Waals surface area (Å²) in [5.41, 5.74) is 4.85. The van der Waals surface area contributed by atoms with Crippen LogP contribution in [0.5, 0.6) is 0 Å². The van der Waals surface area contributed by atoms with Gasteiger partial charge in [-0.3, -0.25) is 9.89 Å². The minimum Gasteiger partial charge on any atom is -0.338 e. The normalized spacial score (nSPS) is 17.2. The van der Waals surface area contributed by atoms with Gasteiger partial charge in [0.25, 0.3) is 0 Å². The van der Waals surface area contributed by atoms with Gasteiger partial charge in [-0.2, -0.15) is 5.10 Å². The molecule has 2 heterocycles. The molecule has 0 unspecified atom stereocenters. The molecule has 0 bridgehead atoms. The van der Waals surface area contributed by atoms with Crippen LogP contribution < -0.4 is 0 Å². The minimum atomic E-state index is -0.276. The summed E-state index contributed by atoms with van der Waals surface area (Å²) in [6, 6.07) is 6.46. The van der Waals surface area contributed by atoms with E-state index < -0.39 is 0 Å². The monoisotopic (exact) mass is 339 g/mol. The Kier molecular flexibility index (Phi) is 4.38. The van der Waals surface area contributed by atoms with Crippen LogP contribution in [0.2, 0.25) is 0 Å². The van der Waals surface area contributed by atoms with Crippen molar-refractivity contribution in [1.29, 1.82) is 0 Å². The van der Waals surface area contributed by atoms with Crippen LogP contribution in [0, 0.1) is 5.82 Å². The number of hydrogen-bond acceptors (Lipinski definition) is 2. The topological polar surface area (TPSA) is 49.0 Å². The van der Waals surface area contributed by atoms with E-state index in [0.717, 1.165) is 41.8 Å². The molecule has 25 heavy (non-hydrogen) atoms. The fourth-order valence-corrected chi connectivity index (χ4v) is 3.75. The number of fused-ring (bicyclic) bond motifs is 1. The van der Waals surface area contributed by atoms with E-state index in [9.17, 15) is 9.18 Å². The van der Waals surface area contributed by atoms with Crippen molar-refractivity contribution in [3.8, 4) is 11.3 Å². The third kappa shape index (κ3) is 3.36. The maximum atomic E-state index is 13.5. The molecular weight excluding hydrogens is 317 g/mol. The van der Waals surface area contributed by atoms with Crippen molar-refractivity contribution in [3.63, 3.8) is 0 Å². The summed E-state index contributed by atoms with van der Waals surface area (Å²) < 4.78 is 13.5. The van der Waals surface area contributed by atoms with Crippen LogP contribution in [0.1, 0.15) is 43.4 Å². The van der Waals surface area contributed by atoms with E-state index in [0.29, 0.717) is 19.5 Å². The van der Waals surface area contributed by atoms with Crippen LogP contribution in [-0.4, -0.2) is 27.5 Å². The van der Waals surface area contributed by atoms with Crippen molar-refractivity contribution in [2.75, 3.05) is 6.54 Å². The standard InChI is InChI=1S/C20H22FN3O/c21-16-8-4-7-15(12-16)20-17-13-24(10-9-18(17)22-23-20)19(25)11-14-5-2-1-3-6-14/h4-5,7-8,12H,1-3,6,9-11,13H2,(H,22,23). The molecule has 1 amide bonds. The molecule has 5 heteroatoms. The van der Waals surface area contributed by atoms with Crippen molar-refractivity contribution in [3.05, 3.63) is 53.0 Å². The molecule has 0 saturated heterocycles. The number of carbonyl (C=O) groups excluding carboxylic acids is 1. The number of nitrogens with zero attached hydrogens (tertiary/aromatic N) is 2. The van der Waals surface area contributed by atoms with E-state index >= 15 is 0 Å². The first-order valence-corrected chi connectivity index (χ1v) is 8.98. The Morgan fingerprint density at radius 2 is 2.20 bits per heavy atom. The lowest BCUT2D eigenvalue weighted by molar-refractivity contribution is -0.131. The molecule has 1 aromatic carbocycles. The molecule has 2 aromatic rings. The third-order valence-electron chi connectivity index (χ3n) is 5.15. The molecule has 0 fully saturated rings. The molecule has 1 aliphatic carbocycles. The molecule has 0 atom stereocenters. The highest BCUT2D eigenvalue weighted by Crippen LogP contribution is 2.29. The van der Waals surface area contributed by atoms with E-state index in [1.54, 1.807) is 6.07 Å². The van der Waals surface area contributed by atoms with Crippen LogP contribution in [0.4, 0.5) is 4.39 Å². The van der Waals surface area contributed by atoms with Crippen LogP contribution in [0.3, 0.4) is 0 Å². The molecule has 1 aliphatic heterocycles. The molecule has 4 rings (SSSR count). The second-order valence-corrected chi connectivity index (χ2v) is 6.89. The van der Waals surface area contributed by atoms with E-state index in [1.165, 1.54) is 30.5 Å². The summed E-state index contributed by atoms with van der Waals surface area (Å²) in [6.07, 6.45) is 8.09. The van der Waals surface area contributed by atoms with Gasteiger partial charge in [-0.05, 0) is 37.8 Å². The lowest BCUT2D eigenvalue weighted by Crippen LogP contribution is -2.36. The molecular formula is C20H22FN3O. The van der Waals surface area contributed by atoms with E-state index in [-0.39, 0.29) is 11.7 Å². The van der Waals surface area contributed by atoms with Crippen LogP contribution in [-0.2, 0) is 17.8 Å². The number of allylic oxidation sites excluding steroid dienone is 1. The Balaban J connectivity index is 1.53. The minimum absolute atomic E-state index is 0.185. The van der Waals surface area contributed by atoms with Gasteiger partial charge in [0.05, 0.1) is 5.69 Å². The lowest BCUT2D eigenvalue weighted by Gasteiger charge is -2.28. The highest BCUT2D eigenvalue weighted by Gasteiger charge is 2.26. The number of hydrogen-bond donors (Lipinski definition) is 1. The maximum absolute atomic E-state index is 13.5. The van der Waals surface area contributed by atoms with Crippen molar-refractivity contribution < 1.29 is 9.18 Å². The van der Waals surface area contributed by atoms with Crippen molar-refractivity contribution >= 4 is 5.91 Å². The quantitative estimate of drug-likeness (QED) is 0.860. The predicted octanol–water partition coefficient (Wildman–Crippen LogP) is 3.99. The molecule has 4 nitrogen and oxygen atoms in total. The number of H-pyrrole nitrogens is 1. The van der Waals surface area contributed by atoms with Crippen LogP contribution >= 0.6 is 0 Å². The largest absolute Gasteiger partial charge is 0.338 e. The van der Waals surface area contributed by atoms with Gasteiger partial charge in [0.2, 0.25) is 5.91 Å². The Hall–Kier alpha value is -2.43. The first kappa shape index (κ1) is 16.1. The van der Waals surface area contributed by atoms with Gasteiger partial charge in [-0.1, -0.05) is 23.8 Å². The lowest BCUT2D eigenvalue weighted by atomic mass is 9.96. The Morgan fingerprint density at radius 3 is 3.00 bits per heavy atom. The summed E-state index contributed by atoms with van der Waals surface area (Å²) >= 11 is 0. The summed E-state index contributed by atoms with van der Waals surface area (Å²) in [5.74, 6) is -0.0904. The first-order chi connectivity index (χ1) is 12.2. The number of aromatic nitrogens is 2. The molecule has 0 saturated carbocycles. The summed E-state index contributed by atoms with van der Waals surface area (Å²) in [5, 5.41) is 7.44. The Labute approximate surface area is 146 Å².